The number of fused-ring (bicyclic) bond motifs is 4. The van der Waals surface area contributed by atoms with Crippen molar-refractivity contribution >= 4 is 57.2 Å². The summed E-state index contributed by atoms with van der Waals surface area (Å²) in [4.78, 5) is 10.7. The average molecular weight is 914 g/mol. The molecule has 10 aromatic rings. The van der Waals surface area contributed by atoms with Gasteiger partial charge in [0.15, 0.2) is 0 Å². The summed E-state index contributed by atoms with van der Waals surface area (Å²) in [5.74, 6) is 0. The maximum Gasteiger partial charge on any atom is 0.252 e. The van der Waals surface area contributed by atoms with Crippen LogP contribution in [0.5, 0.6) is 0 Å². The van der Waals surface area contributed by atoms with Gasteiger partial charge in [-0.15, -0.1) is 0 Å². The molecule has 342 valence electrons. The number of hydrogen-bond acceptors (Lipinski definition) is 3. The minimum Gasteiger partial charge on any atom is -0.311 e. The van der Waals surface area contributed by atoms with Crippen molar-refractivity contribution in [2.75, 3.05) is 9.80 Å². The van der Waals surface area contributed by atoms with E-state index in [9.17, 15) is 0 Å². The number of nitrogens with zero attached hydrogens (tertiary/aromatic N) is 3. The van der Waals surface area contributed by atoms with Gasteiger partial charge >= 0.3 is 0 Å². The molecule has 12 rings (SSSR count). The van der Waals surface area contributed by atoms with Crippen LogP contribution in [0.25, 0.3) is 55.9 Å². The summed E-state index contributed by atoms with van der Waals surface area (Å²) in [5.41, 5.74) is 24.3. The molecule has 71 heavy (non-hydrogen) atoms. The van der Waals surface area contributed by atoms with Crippen molar-refractivity contribution in [1.29, 1.82) is 0 Å². The molecule has 0 bridgehead atoms. The van der Waals surface area contributed by atoms with Gasteiger partial charge in [0, 0.05) is 45.3 Å². The highest BCUT2D eigenvalue weighted by Gasteiger charge is 2.44. The van der Waals surface area contributed by atoms with Crippen LogP contribution in [-0.2, 0) is 10.8 Å². The standard InChI is InChI=1S/C67H56BN3/c1-66(2,3)53-29-33-55(34-30-53)70-61-41-49(45-19-11-7-12-20-45)27-37-57(61)68-58-38-28-50(46-21-13-8-14-22-46)42-62(58)71(56-35-31-54(32-36-56)67(4,5)6)64-44-52(43-63(70)65(64)68)60-40-51(47-23-15-9-16-24-47)39-59(69-60)48-25-17-10-18-26-48/h7-44H,1-6H3. The third-order valence-electron chi connectivity index (χ3n) is 14.6. The van der Waals surface area contributed by atoms with Crippen LogP contribution in [0.3, 0.4) is 0 Å². The van der Waals surface area contributed by atoms with Crippen LogP contribution in [0, 0.1) is 0 Å². The van der Waals surface area contributed by atoms with E-state index in [4.69, 9.17) is 4.98 Å². The second-order valence-electron chi connectivity index (χ2n) is 21.3. The van der Waals surface area contributed by atoms with Crippen LogP contribution >= 0.6 is 0 Å². The molecule has 0 saturated heterocycles. The summed E-state index contributed by atoms with van der Waals surface area (Å²) in [6, 6.07) is 85.2. The maximum absolute atomic E-state index is 5.59. The summed E-state index contributed by atoms with van der Waals surface area (Å²) in [7, 11) is 0. The fourth-order valence-corrected chi connectivity index (χ4v) is 10.8. The average Bonchev–Trinajstić information content (AvgIpc) is 3.41. The number of benzene rings is 9. The van der Waals surface area contributed by atoms with E-state index < -0.39 is 0 Å². The van der Waals surface area contributed by atoms with Crippen LogP contribution in [0.4, 0.5) is 34.1 Å². The molecule has 0 fully saturated rings. The predicted molar refractivity (Wildman–Crippen MR) is 303 cm³/mol. The van der Waals surface area contributed by atoms with E-state index >= 15 is 0 Å². The van der Waals surface area contributed by atoms with Crippen molar-refractivity contribution in [3.8, 4) is 55.9 Å². The Hall–Kier alpha value is -8.21. The van der Waals surface area contributed by atoms with E-state index in [1.54, 1.807) is 0 Å². The zero-order valence-corrected chi connectivity index (χ0v) is 41.4. The minimum absolute atomic E-state index is 0.000242. The van der Waals surface area contributed by atoms with Gasteiger partial charge < -0.3 is 9.80 Å². The summed E-state index contributed by atoms with van der Waals surface area (Å²) in [6.07, 6.45) is 0. The quantitative estimate of drug-likeness (QED) is 0.149. The molecule has 1 aromatic heterocycles. The number of pyridine rings is 1. The highest BCUT2D eigenvalue weighted by atomic mass is 15.2. The number of hydrogen-bond donors (Lipinski definition) is 0. The van der Waals surface area contributed by atoms with Crippen LogP contribution in [0.2, 0.25) is 0 Å². The van der Waals surface area contributed by atoms with Gasteiger partial charge in [-0.25, -0.2) is 4.98 Å². The van der Waals surface area contributed by atoms with Crippen molar-refractivity contribution in [3.63, 3.8) is 0 Å². The Labute approximate surface area is 419 Å². The van der Waals surface area contributed by atoms with Gasteiger partial charge in [0.25, 0.3) is 6.71 Å². The lowest BCUT2D eigenvalue weighted by Gasteiger charge is -2.45. The van der Waals surface area contributed by atoms with E-state index in [0.29, 0.717) is 0 Å². The Morgan fingerprint density at radius 3 is 1.06 bits per heavy atom. The zero-order valence-electron chi connectivity index (χ0n) is 41.4. The zero-order chi connectivity index (χ0) is 48.4. The molecule has 0 atom stereocenters. The Morgan fingerprint density at radius 1 is 0.310 bits per heavy atom. The van der Waals surface area contributed by atoms with Crippen molar-refractivity contribution < 1.29 is 0 Å². The Kier molecular flexibility index (Phi) is 10.7. The van der Waals surface area contributed by atoms with Crippen molar-refractivity contribution in [2.24, 2.45) is 0 Å². The van der Waals surface area contributed by atoms with E-state index in [1.165, 1.54) is 61.1 Å². The second-order valence-corrected chi connectivity index (χ2v) is 21.3. The molecule has 0 amide bonds. The van der Waals surface area contributed by atoms with Gasteiger partial charge in [-0.1, -0.05) is 211 Å². The first-order valence-corrected chi connectivity index (χ1v) is 25.0. The molecule has 0 spiro atoms. The van der Waals surface area contributed by atoms with Crippen molar-refractivity contribution in [1.82, 2.24) is 4.98 Å². The molecule has 9 aromatic carbocycles. The van der Waals surface area contributed by atoms with Crippen LogP contribution < -0.4 is 26.2 Å². The van der Waals surface area contributed by atoms with Gasteiger partial charge in [-0.2, -0.15) is 0 Å². The first kappa shape index (κ1) is 44.0. The first-order valence-electron chi connectivity index (χ1n) is 25.0. The Bertz CT molecular complexity index is 3340. The largest absolute Gasteiger partial charge is 0.311 e. The Balaban J connectivity index is 1.19. The van der Waals surface area contributed by atoms with Gasteiger partial charge in [-0.3, -0.25) is 0 Å². The normalized spacial score (nSPS) is 12.8. The molecular formula is C67H56BN3. The van der Waals surface area contributed by atoms with E-state index in [2.05, 4.69) is 282 Å². The fourth-order valence-electron chi connectivity index (χ4n) is 10.8. The number of rotatable bonds is 7. The summed E-state index contributed by atoms with van der Waals surface area (Å²) in [5, 5.41) is 0. The van der Waals surface area contributed by atoms with E-state index in [-0.39, 0.29) is 17.5 Å². The molecule has 0 radical (unpaired) electrons. The molecule has 4 heteroatoms. The molecule has 0 saturated carbocycles. The first-order chi connectivity index (χ1) is 34.5. The molecule has 2 aliphatic heterocycles. The molecular weight excluding hydrogens is 858 g/mol. The third kappa shape index (κ3) is 8.04. The predicted octanol–water partition coefficient (Wildman–Crippen LogP) is 16.1. The lowest BCUT2D eigenvalue weighted by molar-refractivity contribution is 0.590. The minimum atomic E-state index is -0.0626. The summed E-state index contributed by atoms with van der Waals surface area (Å²) < 4.78 is 0. The fraction of sp³-hybridized carbons (Fsp3) is 0.119. The topological polar surface area (TPSA) is 19.4 Å². The third-order valence-corrected chi connectivity index (χ3v) is 14.6. The van der Waals surface area contributed by atoms with Gasteiger partial charge in [0.2, 0.25) is 0 Å². The van der Waals surface area contributed by atoms with Crippen molar-refractivity contribution in [3.05, 3.63) is 242 Å². The van der Waals surface area contributed by atoms with Crippen LogP contribution in [0.1, 0.15) is 52.7 Å². The Morgan fingerprint density at radius 2 is 0.662 bits per heavy atom. The maximum atomic E-state index is 5.59. The lowest BCUT2D eigenvalue weighted by Crippen LogP contribution is -2.61. The van der Waals surface area contributed by atoms with E-state index in [0.717, 1.165) is 56.4 Å². The highest BCUT2D eigenvalue weighted by Crippen LogP contribution is 2.48. The monoisotopic (exact) mass is 913 g/mol. The molecule has 0 unspecified atom stereocenters. The summed E-state index contributed by atoms with van der Waals surface area (Å²) >= 11 is 0. The smallest absolute Gasteiger partial charge is 0.252 e. The van der Waals surface area contributed by atoms with Crippen molar-refractivity contribution in [2.45, 2.75) is 52.4 Å². The van der Waals surface area contributed by atoms with Gasteiger partial charge in [-0.05, 0) is 132 Å². The second kappa shape index (κ2) is 17.3. The van der Waals surface area contributed by atoms with E-state index in [1.807, 2.05) is 0 Å². The SMILES string of the molecule is CC(C)(C)c1ccc(N2c3cc(-c4ccccc4)ccc3B3c4ccc(-c5ccccc5)cc4N(c4ccc(C(C)(C)C)cc4)c4cc(-c5cc(-c6ccccc6)cc(-c6ccccc6)n5)cc2c43)cc1. The lowest BCUT2D eigenvalue weighted by atomic mass is 9.33. The molecule has 0 N–H and O–H groups in total. The highest BCUT2D eigenvalue weighted by molar-refractivity contribution is 7.00. The molecule has 2 aliphatic rings. The molecule has 3 heterocycles. The van der Waals surface area contributed by atoms with Gasteiger partial charge in [0.1, 0.15) is 0 Å². The number of aromatic nitrogens is 1. The van der Waals surface area contributed by atoms with Crippen LogP contribution in [0.15, 0.2) is 231 Å². The summed E-state index contributed by atoms with van der Waals surface area (Å²) in [6.45, 7) is 13.7. The number of anilines is 6. The molecule has 3 nitrogen and oxygen atoms in total. The van der Waals surface area contributed by atoms with Gasteiger partial charge in [0.05, 0.1) is 11.4 Å². The molecule has 0 aliphatic carbocycles. The van der Waals surface area contributed by atoms with Crippen LogP contribution in [-0.4, -0.2) is 11.7 Å².